The lowest BCUT2D eigenvalue weighted by molar-refractivity contribution is -0.130. The third-order valence-electron chi connectivity index (χ3n) is 8.85. The highest BCUT2D eigenvalue weighted by molar-refractivity contribution is 6.01. The molecule has 11 heteroatoms. The number of hydrazine groups is 1. The van der Waals surface area contributed by atoms with Gasteiger partial charge in [-0.2, -0.15) is 0 Å². The first-order chi connectivity index (χ1) is 25.5. The summed E-state index contributed by atoms with van der Waals surface area (Å²) in [6.45, 7) is 0.877. The third kappa shape index (κ3) is 8.42. The maximum absolute atomic E-state index is 14.7. The molecule has 1 aliphatic rings. The number of aliphatic hydroxyl groups is 1. The summed E-state index contributed by atoms with van der Waals surface area (Å²) in [5.74, 6) is 1.29. The number of carbonyl (C=O) groups excluding carboxylic acids is 1. The number of amides is 1. The average molecular weight is 697 g/mol. The Morgan fingerprint density at radius 1 is 0.885 bits per heavy atom. The quantitative estimate of drug-likeness (QED) is 0.0321. The number of benzene rings is 5. The highest BCUT2D eigenvalue weighted by atomic mass is 16.5. The topological polar surface area (TPSA) is 150 Å². The molecule has 0 saturated carbocycles. The molecule has 1 aliphatic heterocycles. The molecular weight excluding hydrogens is 656 g/mol. The molecule has 2 atom stereocenters. The fraction of sp³-hybridized carbons (Fsp3) is 0.220. The maximum atomic E-state index is 14.7. The van der Waals surface area contributed by atoms with Gasteiger partial charge in [-0.25, -0.2) is 10.4 Å². The van der Waals surface area contributed by atoms with Crippen molar-refractivity contribution in [3.05, 3.63) is 160 Å². The Kier molecular flexibility index (Phi) is 11.8. The molecule has 264 valence electrons. The van der Waals surface area contributed by atoms with Gasteiger partial charge in [0.15, 0.2) is 11.6 Å². The second-order valence-corrected chi connectivity index (χ2v) is 12.3. The van der Waals surface area contributed by atoms with Crippen molar-refractivity contribution < 1.29 is 24.1 Å². The van der Waals surface area contributed by atoms with E-state index < -0.39 is 17.6 Å². The zero-order chi connectivity index (χ0) is 36.2. The van der Waals surface area contributed by atoms with Gasteiger partial charge in [-0.3, -0.25) is 10.2 Å². The molecule has 0 unspecified atom stereocenters. The Hall–Kier alpha value is -6.13. The Morgan fingerprint density at radius 3 is 2.27 bits per heavy atom. The Morgan fingerprint density at radius 2 is 1.56 bits per heavy atom. The van der Waals surface area contributed by atoms with E-state index in [2.05, 4.69) is 20.9 Å². The van der Waals surface area contributed by atoms with E-state index >= 15 is 0 Å². The molecule has 0 aliphatic carbocycles. The van der Waals surface area contributed by atoms with Crippen molar-refractivity contribution in [2.45, 2.75) is 30.9 Å². The van der Waals surface area contributed by atoms with Crippen LogP contribution in [-0.2, 0) is 22.4 Å². The van der Waals surface area contributed by atoms with E-state index in [9.17, 15) is 10.3 Å². The molecule has 1 heterocycles. The van der Waals surface area contributed by atoms with E-state index in [4.69, 9.17) is 24.3 Å². The fourth-order valence-electron chi connectivity index (χ4n) is 6.11. The van der Waals surface area contributed by atoms with E-state index in [-0.39, 0.29) is 18.9 Å². The first kappa shape index (κ1) is 35.7. The van der Waals surface area contributed by atoms with Gasteiger partial charge in [0.1, 0.15) is 11.5 Å². The van der Waals surface area contributed by atoms with Crippen LogP contribution in [0.1, 0.15) is 34.8 Å². The van der Waals surface area contributed by atoms with Crippen LogP contribution in [0.25, 0.3) is 21.6 Å². The summed E-state index contributed by atoms with van der Waals surface area (Å²) in [5, 5.41) is 13.1. The largest absolute Gasteiger partial charge is 0.497 e. The lowest BCUT2D eigenvalue weighted by Crippen LogP contribution is -2.54. The van der Waals surface area contributed by atoms with Crippen LogP contribution in [0.3, 0.4) is 0 Å². The first-order valence-corrected chi connectivity index (χ1v) is 17.1. The van der Waals surface area contributed by atoms with Gasteiger partial charge >= 0.3 is 0 Å². The maximum Gasteiger partial charge on any atom is 0.266 e. The molecule has 0 spiro atoms. The summed E-state index contributed by atoms with van der Waals surface area (Å²) < 4.78 is 17.7. The molecule has 0 saturated heterocycles. The molecule has 6 rings (SSSR count). The van der Waals surface area contributed by atoms with E-state index in [1.807, 2.05) is 103 Å². The number of azide groups is 1. The van der Waals surface area contributed by atoms with E-state index in [1.54, 1.807) is 31.4 Å². The van der Waals surface area contributed by atoms with Gasteiger partial charge < -0.3 is 19.3 Å². The van der Waals surface area contributed by atoms with Gasteiger partial charge in [-0.15, -0.1) is 0 Å². The van der Waals surface area contributed by atoms with Crippen molar-refractivity contribution >= 4 is 17.5 Å². The number of aliphatic imine (C=N–C) groups is 1. The summed E-state index contributed by atoms with van der Waals surface area (Å²) >= 11 is 0. The number of aliphatic hydroxyl groups excluding tert-OH is 1. The molecule has 1 amide bonds. The number of hydrogen-bond acceptors (Lipinski definition) is 8. The third-order valence-corrected chi connectivity index (χ3v) is 8.85. The molecule has 3 N–H and O–H groups in total. The van der Waals surface area contributed by atoms with Crippen LogP contribution in [0.5, 0.6) is 11.5 Å². The number of nitrogens with zero attached hydrogens (tertiary/aromatic N) is 4. The molecule has 0 aromatic heterocycles. The van der Waals surface area contributed by atoms with Crippen LogP contribution < -0.4 is 20.3 Å². The normalized spacial score (nSPS) is 16.3. The highest BCUT2D eigenvalue weighted by Crippen LogP contribution is 2.44. The first-order valence-electron chi connectivity index (χ1n) is 17.1. The van der Waals surface area contributed by atoms with Crippen LogP contribution >= 0.6 is 0 Å². The average Bonchev–Trinajstić information content (AvgIpc) is 3.58. The lowest BCUT2D eigenvalue weighted by Gasteiger charge is -2.31. The molecule has 0 bridgehead atoms. The molecule has 0 radical (unpaired) electrons. The van der Waals surface area contributed by atoms with Gasteiger partial charge in [0.2, 0.25) is 5.90 Å². The summed E-state index contributed by atoms with van der Waals surface area (Å²) in [7, 11) is 1.63. The van der Waals surface area contributed by atoms with Crippen molar-refractivity contribution in [1.82, 2.24) is 10.9 Å². The van der Waals surface area contributed by atoms with Gasteiger partial charge in [-0.05, 0) is 76.2 Å². The number of ether oxygens (including phenoxy) is 3. The zero-order valence-corrected chi connectivity index (χ0v) is 28.8. The second-order valence-electron chi connectivity index (χ2n) is 12.3. The number of nitrogens with one attached hydrogen (secondary N) is 2. The van der Waals surface area contributed by atoms with Crippen LogP contribution in [-0.4, -0.2) is 49.3 Å². The smallest absolute Gasteiger partial charge is 0.266 e. The minimum atomic E-state index is -1.52. The van der Waals surface area contributed by atoms with Gasteiger partial charge in [0.25, 0.3) is 5.91 Å². The predicted octanol–water partition coefficient (Wildman–Crippen LogP) is 7.43. The van der Waals surface area contributed by atoms with Crippen LogP contribution in [0, 0.1) is 0 Å². The minimum absolute atomic E-state index is 0.0414. The Balaban J connectivity index is 1.37. The van der Waals surface area contributed by atoms with Crippen LogP contribution in [0.4, 0.5) is 5.69 Å². The number of carbonyl (C=O) groups is 1. The second kappa shape index (κ2) is 17.2. The molecular formula is C41H40N6O5. The van der Waals surface area contributed by atoms with Crippen LogP contribution in [0.15, 0.2) is 138 Å². The summed E-state index contributed by atoms with van der Waals surface area (Å²) in [6, 6.07) is 40.2. The van der Waals surface area contributed by atoms with E-state index in [0.717, 1.165) is 28.0 Å². The Labute approximate surface area is 302 Å². The van der Waals surface area contributed by atoms with E-state index in [0.29, 0.717) is 48.6 Å². The molecule has 52 heavy (non-hydrogen) atoms. The molecule has 0 fully saturated rings. The van der Waals surface area contributed by atoms with Gasteiger partial charge in [0.05, 0.1) is 13.7 Å². The summed E-state index contributed by atoms with van der Waals surface area (Å²) in [5.41, 5.74) is 19.5. The molecule has 5 aromatic carbocycles. The fourth-order valence-corrected chi connectivity index (χ4v) is 6.11. The minimum Gasteiger partial charge on any atom is -0.497 e. The van der Waals surface area contributed by atoms with Crippen molar-refractivity contribution in [2.75, 3.05) is 26.9 Å². The summed E-state index contributed by atoms with van der Waals surface area (Å²) in [4.78, 5) is 22.8. The number of rotatable bonds is 16. The SMILES string of the molecule is COc1ccc(CCNNC(=O)[C@@]2(Cc3ccccc3N=[N+]=[N-])N=C(c3ccc(OCCCO)cc3)O[C@H]2c2ccc(-c3ccccc3)cc2)cc1. The zero-order valence-electron chi connectivity index (χ0n) is 28.8. The van der Waals surface area contributed by atoms with Crippen molar-refractivity contribution in [3.63, 3.8) is 0 Å². The molecule has 11 nitrogen and oxygen atoms in total. The van der Waals surface area contributed by atoms with Crippen molar-refractivity contribution in [2.24, 2.45) is 10.1 Å². The highest BCUT2D eigenvalue weighted by Gasteiger charge is 2.53. The standard InChI is InChI=1S/C41H40N6O5/c1-50-35-20-12-29(13-21-35)24-25-43-46-40(49)41(28-34-10-5-6-11-37(34)45-47-42)38(32-16-14-31(15-17-32)30-8-3-2-4-9-30)52-39(44-41)33-18-22-36(23-19-33)51-27-7-26-48/h2-6,8-23,38,43,48H,7,24-28H2,1H3,(H,46,49)/t38-,41-/m0/s1. The van der Waals surface area contributed by atoms with E-state index in [1.165, 1.54) is 0 Å². The number of hydrogen-bond donors (Lipinski definition) is 3. The Bertz CT molecular complexity index is 2010. The van der Waals surface area contributed by atoms with Crippen LogP contribution in [0.2, 0.25) is 0 Å². The summed E-state index contributed by atoms with van der Waals surface area (Å²) in [6.07, 6.45) is 0.394. The van der Waals surface area contributed by atoms with Gasteiger partial charge in [-0.1, -0.05) is 96.1 Å². The van der Waals surface area contributed by atoms with Gasteiger partial charge in [0, 0.05) is 42.2 Å². The monoisotopic (exact) mass is 696 g/mol. The molecule has 5 aromatic rings. The number of methoxy groups -OCH3 is 1. The van der Waals surface area contributed by atoms with Crippen molar-refractivity contribution in [3.8, 4) is 22.6 Å². The van der Waals surface area contributed by atoms with Crippen molar-refractivity contribution in [1.29, 1.82) is 0 Å². The predicted molar refractivity (Wildman–Crippen MR) is 200 cm³/mol. The lowest BCUT2D eigenvalue weighted by atomic mass is 9.81.